The maximum atomic E-state index is 12.2. The lowest BCUT2D eigenvalue weighted by Gasteiger charge is -2.29. The number of rotatable bonds is 5. The van der Waals surface area contributed by atoms with E-state index in [1.165, 1.54) is 13.2 Å². The molecule has 1 aromatic rings. The molecule has 0 saturated heterocycles. The van der Waals surface area contributed by atoms with Crippen LogP contribution in [-0.4, -0.2) is 43.2 Å². The minimum Gasteiger partial charge on any atom is -0.504 e. The Hall–Kier alpha value is -1.75. The number of nitrogens with zero attached hydrogens (tertiary/aromatic N) is 1. The van der Waals surface area contributed by atoms with Crippen LogP contribution in [0.5, 0.6) is 11.5 Å². The summed E-state index contributed by atoms with van der Waals surface area (Å²) >= 11 is 0. The first-order valence-corrected chi connectivity index (χ1v) is 6.13. The van der Waals surface area contributed by atoms with E-state index in [0.29, 0.717) is 24.4 Å². The molecule has 0 atom stereocenters. The van der Waals surface area contributed by atoms with Gasteiger partial charge in [0.05, 0.1) is 7.11 Å². The van der Waals surface area contributed by atoms with Crippen molar-refractivity contribution in [3.63, 3.8) is 0 Å². The smallest absolute Gasteiger partial charge is 0.253 e. The van der Waals surface area contributed by atoms with Gasteiger partial charge >= 0.3 is 0 Å². The number of benzene rings is 1. The third kappa shape index (κ3) is 3.86. The Balaban J connectivity index is 2.85. The fraction of sp³-hybridized carbons (Fsp3) is 0.500. The Morgan fingerprint density at radius 3 is 2.58 bits per heavy atom. The quantitative estimate of drug-likeness (QED) is 0.846. The van der Waals surface area contributed by atoms with Crippen molar-refractivity contribution in [2.75, 3.05) is 27.2 Å². The summed E-state index contributed by atoms with van der Waals surface area (Å²) in [6.45, 7) is 5.05. The molecule has 1 aromatic carbocycles. The Morgan fingerprint density at radius 2 is 2.11 bits per heavy atom. The minimum absolute atomic E-state index is 0.0418. The van der Waals surface area contributed by atoms with Crippen molar-refractivity contribution in [1.29, 1.82) is 0 Å². The number of methoxy groups -OCH3 is 1. The summed E-state index contributed by atoms with van der Waals surface area (Å²) in [5, 5.41) is 9.69. The van der Waals surface area contributed by atoms with Crippen LogP contribution in [0, 0.1) is 5.41 Å². The number of phenolic OH excluding ortho intramolecular Hbond substituents is 1. The molecule has 0 heterocycles. The average Bonchev–Trinajstić information content (AvgIpc) is 2.37. The van der Waals surface area contributed by atoms with Crippen LogP contribution in [0.3, 0.4) is 0 Å². The van der Waals surface area contributed by atoms with Crippen LogP contribution in [0.2, 0.25) is 0 Å². The van der Waals surface area contributed by atoms with Crippen molar-refractivity contribution in [3.05, 3.63) is 23.8 Å². The van der Waals surface area contributed by atoms with Crippen LogP contribution in [0.4, 0.5) is 0 Å². The van der Waals surface area contributed by atoms with Crippen LogP contribution in [0.15, 0.2) is 18.2 Å². The second-order valence-electron chi connectivity index (χ2n) is 5.42. The second kappa shape index (κ2) is 5.93. The average molecular weight is 266 g/mol. The molecule has 0 aliphatic carbocycles. The summed E-state index contributed by atoms with van der Waals surface area (Å²) in [4.78, 5) is 13.8. The SMILES string of the molecule is COc1ccc(C(=O)N(C)CC(C)(C)CN)cc1O. The number of aromatic hydroxyl groups is 1. The van der Waals surface area contributed by atoms with Gasteiger partial charge in [0, 0.05) is 19.2 Å². The monoisotopic (exact) mass is 266 g/mol. The largest absolute Gasteiger partial charge is 0.504 e. The molecule has 0 aromatic heterocycles. The van der Waals surface area contributed by atoms with Gasteiger partial charge in [0.25, 0.3) is 5.91 Å². The summed E-state index contributed by atoms with van der Waals surface area (Å²) in [5.41, 5.74) is 5.95. The number of carbonyl (C=O) groups is 1. The van der Waals surface area contributed by atoms with Gasteiger partial charge in [-0.3, -0.25) is 4.79 Å². The molecular weight excluding hydrogens is 244 g/mol. The Kier molecular flexibility index (Phi) is 4.78. The van der Waals surface area contributed by atoms with Gasteiger partial charge in [-0.05, 0) is 30.2 Å². The van der Waals surface area contributed by atoms with Gasteiger partial charge in [-0.15, -0.1) is 0 Å². The van der Waals surface area contributed by atoms with Crippen LogP contribution >= 0.6 is 0 Å². The van der Waals surface area contributed by atoms with Crippen molar-refractivity contribution in [2.45, 2.75) is 13.8 Å². The number of nitrogens with two attached hydrogens (primary N) is 1. The molecular formula is C14H22N2O3. The summed E-state index contributed by atoms with van der Waals surface area (Å²) in [5.74, 6) is 0.154. The van der Waals surface area contributed by atoms with Gasteiger partial charge in [-0.2, -0.15) is 0 Å². The lowest BCUT2D eigenvalue weighted by Crippen LogP contribution is -2.39. The van der Waals surface area contributed by atoms with Crippen molar-refractivity contribution in [1.82, 2.24) is 4.90 Å². The number of amides is 1. The number of hydrogen-bond donors (Lipinski definition) is 2. The highest BCUT2D eigenvalue weighted by atomic mass is 16.5. The molecule has 5 heteroatoms. The molecule has 0 radical (unpaired) electrons. The molecule has 0 spiro atoms. The molecule has 0 fully saturated rings. The molecule has 0 aliphatic heterocycles. The molecule has 106 valence electrons. The van der Waals surface area contributed by atoms with E-state index in [0.717, 1.165) is 0 Å². The van der Waals surface area contributed by atoms with Gasteiger partial charge in [0.1, 0.15) is 0 Å². The third-order valence-corrected chi connectivity index (χ3v) is 2.99. The zero-order valence-electron chi connectivity index (χ0n) is 11.9. The van der Waals surface area contributed by atoms with Crippen LogP contribution in [-0.2, 0) is 0 Å². The van der Waals surface area contributed by atoms with Gasteiger partial charge < -0.3 is 20.5 Å². The van der Waals surface area contributed by atoms with Gasteiger partial charge in [-0.1, -0.05) is 13.8 Å². The van der Waals surface area contributed by atoms with Crippen LogP contribution in [0.1, 0.15) is 24.2 Å². The number of phenols is 1. The standard InChI is InChI=1S/C14H22N2O3/c1-14(2,8-15)9-16(3)13(18)10-5-6-12(19-4)11(17)7-10/h5-7,17H,8-9,15H2,1-4H3. The number of carbonyl (C=O) groups excluding carboxylic acids is 1. The van der Waals surface area contributed by atoms with E-state index in [1.54, 1.807) is 24.1 Å². The fourth-order valence-electron chi connectivity index (χ4n) is 1.82. The minimum atomic E-state index is -0.153. The zero-order chi connectivity index (χ0) is 14.6. The molecule has 0 bridgehead atoms. The zero-order valence-corrected chi connectivity index (χ0v) is 11.9. The second-order valence-corrected chi connectivity index (χ2v) is 5.42. The molecule has 0 unspecified atom stereocenters. The topological polar surface area (TPSA) is 75.8 Å². The lowest BCUT2D eigenvalue weighted by molar-refractivity contribution is 0.0740. The summed E-state index contributed by atoms with van der Waals surface area (Å²) in [6.07, 6.45) is 0. The van der Waals surface area contributed by atoms with E-state index in [-0.39, 0.29) is 17.1 Å². The highest BCUT2D eigenvalue weighted by Gasteiger charge is 2.22. The van der Waals surface area contributed by atoms with E-state index < -0.39 is 0 Å². The fourth-order valence-corrected chi connectivity index (χ4v) is 1.82. The highest BCUT2D eigenvalue weighted by molar-refractivity contribution is 5.94. The highest BCUT2D eigenvalue weighted by Crippen LogP contribution is 2.27. The van der Waals surface area contributed by atoms with E-state index in [2.05, 4.69) is 0 Å². The maximum absolute atomic E-state index is 12.2. The van der Waals surface area contributed by atoms with Crippen LogP contribution < -0.4 is 10.5 Å². The van der Waals surface area contributed by atoms with Gasteiger partial charge in [-0.25, -0.2) is 0 Å². The van der Waals surface area contributed by atoms with Crippen molar-refractivity contribution >= 4 is 5.91 Å². The van der Waals surface area contributed by atoms with E-state index in [4.69, 9.17) is 10.5 Å². The summed E-state index contributed by atoms with van der Waals surface area (Å²) in [6, 6.07) is 4.62. The van der Waals surface area contributed by atoms with E-state index >= 15 is 0 Å². The molecule has 0 aliphatic rings. The van der Waals surface area contributed by atoms with Gasteiger partial charge in [0.15, 0.2) is 11.5 Å². The molecule has 1 rings (SSSR count). The van der Waals surface area contributed by atoms with Crippen LogP contribution in [0.25, 0.3) is 0 Å². The lowest BCUT2D eigenvalue weighted by atomic mass is 9.93. The molecule has 1 amide bonds. The van der Waals surface area contributed by atoms with Crippen molar-refractivity contribution in [2.24, 2.45) is 11.1 Å². The van der Waals surface area contributed by atoms with E-state index in [1.807, 2.05) is 13.8 Å². The Bertz CT molecular complexity index is 458. The number of hydrogen-bond acceptors (Lipinski definition) is 4. The van der Waals surface area contributed by atoms with Crippen molar-refractivity contribution in [3.8, 4) is 11.5 Å². The van der Waals surface area contributed by atoms with Crippen molar-refractivity contribution < 1.29 is 14.6 Å². The predicted molar refractivity (Wildman–Crippen MR) is 74.5 cm³/mol. The Morgan fingerprint density at radius 1 is 1.47 bits per heavy atom. The third-order valence-electron chi connectivity index (χ3n) is 2.99. The molecule has 0 saturated carbocycles. The summed E-state index contributed by atoms with van der Waals surface area (Å²) in [7, 11) is 3.19. The number of ether oxygens (including phenoxy) is 1. The Labute approximate surface area is 114 Å². The first-order valence-electron chi connectivity index (χ1n) is 6.13. The summed E-state index contributed by atoms with van der Waals surface area (Å²) < 4.78 is 4.95. The maximum Gasteiger partial charge on any atom is 0.253 e. The van der Waals surface area contributed by atoms with E-state index in [9.17, 15) is 9.90 Å². The first-order chi connectivity index (χ1) is 8.80. The first kappa shape index (κ1) is 15.3. The molecule has 3 N–H and O–H groups in total. The van der Waals surface area contributed by atoms with Gasteiger partial charge in [0.2, 0.25) is 0 Å². The predicted octanol–water partition coefficient (Wildman–Crippen LogP) is 1.46. The molecule has 19 heavy (non-hydrogen) atoms. The molecule has 5 nitrogen and oxygen atoms in total. The normalized spacial score (nSPS) is 11.2.